The molecule has 2 atom stereocenters. The molecule has 0 radical (unpaired) electrons. The summed E-state index contributed by atoms with van der Waals surface area (Å²) >= 11 is 0. The highest BCUT2D eigenvalue weighted by molar-refractivity contribution is 5.83. The van der Waals surface area contributed by atoms with Crippen LogP contribution in [0.15, 0.2) is 0 Å². The van der Waals surface area contributed by atoms with Crippen LogP contribution in [0.2, 0.25) is 0 Å². The lowest BCUT2D eigenvalue weighted by Crippen LogP contribution is -2.52. The summed E-state index contributed by atoms with van der Waals surface area (Å²) in [6.07, 6.45) is 4.05. The summed E-state index contributed by atoms with van der Waals surface area (Å²) in [5, 5.41) is 6.55. The second-order valence-corrected chi connectivity index (χ2v) is 5.88. The number of piperidine rings is 1. The number of hydrogen-bond acceptors (Lipinski definition) is 3. The second kappa shape index (κ2) is 7.10. The Bertz CT molecular complexity index is 260. The third-order valence-corrected chi connectivity index (χ3v) is 4.02. The zero-order valence-corrected chi connectivity index (χ0v) is 12.4. The molecule has 1 amide bonds. The Morgan fingerprint density at radius 1 is 1.50 bits per heavy atom. The fourth-order valence-electron chi connectivity index (χ4n) is 2.52. The quantitative estimate of drug-likeness (QED) is 0.750. The predicted octanol–water partition coefficient (Wildman–Crippen LogP) is 1.22. The Balaban J connectivity index is 2.46. The van der Waals surface area contributed by atoms with Gasteiger partial charge in [0, 0.05) is 12.6 Å². The summed E-state index contributed by atoms with van der Waals surface area (Å²) in [6, 6.07) is 0.255. The van der Waals surface area contributed by atoms with Gasteiger partial charge in [0.25, 0.3) is 0 Å². The minimum atomic E-state index is -0.176. The molecular formula is C14H29N3O. The first-order valence-corrected chi connectivity index (χ1v) is 7.16. The first kappa shape index (κ1) is 15.4. The maximum Gasteiger partial charge on any atom is 0.227 e. The van der Waals surface area contributed by atoms with Crippen molar-refractivity contribution in [2.45, 2.75) is 45.6 Å². The van der Waals surface area contributed by atoms with Gasteiger partial charge in [-0.05, 0) is 59.8 Å². The molecular weight excluding hydrogens is 226 g/mol. The van der Waals surface area contributed by atoms with E-state index >= 15 is 0 Å². The van der Waals surface area contributed by atoms with E-state index in [0.717, 1.165) is 45.3 Å². The number of carbonyl (C=O) groups excluding carboxylic acids is 1. The topological polar surface area (TPSA) is 44.4 Å². The maximum absolute atomic E-state index is 12.4. The molecule has 4 heteroatoms. The molecule has 1 saturated heterocycles. The zero-order chi connectivity index (χ0) is 13.6. The lowest BCUT2D eigenvalue weighted by molar-refractivity contribution is -0.133. The highest BCUT2D eigenvalue weighted by Crippen LogP contribution is 2.30. The van der Waals surface area contributed by atoms with E-state index in [1.165, 1.54) is 0 Å². The summed E-state index contributed by atoms with van der Waals surface area (Å²) in [6.45, 7) is 7.11. The normalized spacial score (nSPS) is 26.1. The molecule has 2 unspecified atom stereocenters. The summed E-state index contributed by atoms with van der Waals surface area (Å²) < 4.78 is 0. The molecule has 1 rings (SSSR count). The van der Waals surface area contributed by atoms with Crippen LogP contribution in [0.1, 0.15) is 39.5 Å². The number of hydrogen-bond donors (Lipinski definition) is 2. The molecule has 2 N–H and O–H groups in total. The van der Waals surface area contributed by atoms with Crippen molar-refractivity contribution in [1.29, 1.82) is 0 Å². The molecule has 1 heterocycles. The largest absolute Gasteiger partial charge is 0.353 e. The Labute approximate surface area is 111 Å². The summed E-state index contributed by atoms with van der Waals surface area (Å²) in [7, 11) is 4.13. The van der Waals surface area contributed by atoms with Crippen LogP contribution in [-0.4, -0.2) is 50.6 Å². The van der Waals surface area contributed by atoms with Gasteiger partial charge in [0.1, 0.15) is 0 Å². The molecule has 0 bridgehead atoms. The minimum Gasteiger partial charge on any atom is -0.353 e. The van der Waals surface area contributed by atoms with Crippen LogP contribution in [0.3, 0.4) is 0 Å². The fourth-order valence-corrected chi connectivity index (χ4v) is 2.52. The third-order valence-electron chi connectivity index (χ3n) is 4.02. The number of nitrogens with zero attached hydrogens (tertiary/aromatic N) is 1. The minimum absolute atomic E-state index is 0.176. The van der Waals surface area contributed by atoms with Crippen LogP contribution in [0.5, 0.6) is 0 Å². The average molecular weight is 255 g/mol. The van der Waals surface area contributed by atoms with Crippen molar-refractivity contribution < 1.29 is 4.79 Å². The molecule has 4 nitrogen and oxygen atoms in total. The summed E-state index contributed by atoms with van der Waals surface area (Å²) in [4.78, 5) is 14.6. The van der Waals surface area contributed by atoms with Gasteiger partial charge in [-0.3, -0.25) is 4.79 Å². The SMILES string of the molecule is CCC1(C(=O)NC(C)CCN(C)C)CCCNC1. The number of rotatable bonds is 6. The Morgan fingerprint density at radius 3 is 2.72 bits per heavy atom. The third kappa shape index (κ3) is 4.25. The number of amides is 1. The molecule has 0 aliphatic carbocycles. The summed E-state index contributed by atoms with van der Waals surface area (Å²) in [5.41, 5.74) is -0.176. The van der Waals surface area contributed by atoms with Gasteiger partial charge >= 0.3 is 0 Å². The molecule has 106 valence electrons. The fraction of sp³-hybridized carbons (Fsp3) is 0.929. The van der Waals surface area contributed by atoms with Crippen molar-refractivity contribution >= 4 is 5.91 Å². The van der Waals surface area contributed by atoms with Crippen molar-refractivity contribution in [3.8, 4) is 0 Å². The molecule has 1 aliphatic rings. The van der Waals surface area contributed by atoms with Crippen molar-refractivity contribution in [1.82, 2.24) is 15.5 Å². The van der Waals surface area contributed by atoms with Crippen LogP contribution < -0.4 is 10.6 Å². The zero-order valence-electron chi connectivity index (χ0n) is 12.4. The molecule has 0 aromatic rings. The van der Waals surface area contributed by atoms with Crippen molar-refractivity contribution in [2.24, 2.45) is 5.41 Å². The monoisotopic (exact) mass is 255 g/mol. The molecule has 0 aromatic heterocycles. The van der Waals surface area contributed by atoms with Gasteiger partial charge in [0.05, 0.1) is 5.41 Å². The van der Waals surface area contributed by atoms with Crippen LogP contribution in [0.4, 0.5) is 0 Å². The van der Waals surface area contributed by atoms with Gasteiger partial charge < -0.3 is 15.5 Å². The van der Waals surface area contributed by atoms with Gasteiger partial charge in [-0.15, -0.1) is 0 Å². The second-order valence-electron chi connectivity index (χ2n) is 5.88. The van der Waals surface area contributed by atoms with Crippen molar-refractivity contribution in [3.63, 3.8) is 0 Å². The van der Waals surface area contributed by atoms with E-state index in [0.29, 0.717) is 0 Å². The van der Waals surface area contributed by atoms with E-state index < -0.39 is 0 Å². The van der Waals surface area contributed by atoms with Gasteiger partial charge in [-0.25, -0.2) is 0 Å². The van der Waals surface area contributed by atoms with Crippen molar-refractivity contribution in [3.05, 3.63) is 0 Å². The average Bonchev–Trinajstić information content (AvgIpc) is 2.37. The lowest BCUT2D eigenvalue weighted by atomic mass is 9.77. The first-order valence-electron chi connectivity index (χ1n) is 7.16. The van der Waals surface area contributed by atoms with Gasteiger partial charge in [0.2, 0.25) is 5.91 Å². The van der Waals surface area contributed by atoms with Crippen LogP contribution >= 0.6 is 0 Å². The maximum atomic E-state index is 12.4. The highest BCUT2D eigenvalue weighted by Gasteiger charge is 2.38. The smallest absolute Gasteiger partial charge is 0.227 e. The number of carbonyl (C=O) groups is 1. The van der Waals surface area contributed by atoms with Gasteiger partial charge in [-0.1, -0.05) is 6.92 Å². The first-order chi connectivity index (χ1) is 8.50. The molecule has 18 heavy (non-hydrogen) atoms. The highest BCUT2D eigenvalue weighted by atomic mass is 16.2. The Hall–Kier alpha value is -0.610. The van der Waals surface area contributed by atoms with Crippen molar-refractivity contribution in [2.75, 3.05) is 33.7 Å². The molecule has 0 aromatic carbocycles. The van der Waals surface area contributed by atoms with E-state index in [4.69, 9.17) is 0 Å². The van der Waals surface area contributed by atoms with E-state index in [1.54, 1.807) is 0 Å². The van der Waals surface area contributed by atoms with Crippen LogP contribution in [-0.2, 0) is 4.79 Å². The number of nitrogens with one attached hydrogen (secondary N) is 2. The standard InChI is InChI=1S/C14H29N3O/c1-5-14(8-6-9-15-11-14)13(18)16-12(2)7-10-17(3)4/h12,15H,5-11H2,1-4H3,(H,16,18). The molecule has 0 saturated carbocycles. The van der Waals surface area contributed by atoms with E-state index in [9.17, 15) is 4.79 Å². The van der Waals surface area contributed by atoms with E-state index in [2.05, 4.69) is 43.5 Å². The Kier molecular flexibility index (Phi) is 6.09. The lowest BCUT2D eigenvalue weighted by Gasteiger charge is -2.36. The van der Waals surface area contributed by atoms with E-state index in [1.807, 2.05) is 0 Å². The summed E-state index contributed by atoms with van der Waals surface area (Å²) in [5.74, 6) is 0.239. The predicted molar refractivity (Wildman–Crippen MR) is 75.6 cm³/mol. The van der Waals surface area contributed by atoms with E-state index in [-0.39, 0.29) is 17.4 Å². The van der Waals surface area contributed by atoms with Crippen LogP contribution in [0.25, 0.3) is 0 Å². The van der Waals surface area contributed by atoms with Gasteiger partial charge in [0.15, 0.2) is 0 Å². The van der Waals surface area contributed by atoms with Crippen LogP contribution in [0, 0.1) is 5.41 Å². The Morgan fingerprint density at radius 2 is 2.22 bits per heavy atom. The molecule has 0 spiro atoms. The molecule has 1 aliphatic heterocycles. The molecule has 1 fully saturated rings. The van der Waals surface area contributed by atoms with Gasteiger partial charge in [-0.2, -0.15) is 0 Å².